The van der Waals surface area contributed by atoms with Gasteiger partial charge in [-0.2, -0.15) is 0 Å². The summed E-state index contributed by atoms with van der Waals surface area (Å²) in [4.78, 5) is 0. The first kappa shape index (κ1) is 18.7. The summed E-state index contributed by atoms with van der Waals surface area (Å²) in [6.45, 7) is 4.36. The summed E-state index contributed by atoms with van der Waals surface area (Å²) in [6.07, 6.45) is 21.5. The van der Waals surface area contributed by atoms with Crippen LogP contribution in [0.15, 0.2) is 12.2 Å². The summed E-state index contributed by atoms with van der Waals surface area (Å²) < 4.78 is 5.17. The first-order valence-electron chi connectivity index (χ1n) is 8.50. The summed E-state index contributed by atoms with van der Waals surface area (Å²) in [6, 6.07) is 0. The molecule has 114 valence electrons. The molecule has 0 aliphatic carbocycles. The van der Waals surface area contributed by atoms with Gasteiger partial charge in [0.25, 0.3) is 0 Å². The number of hydrogen-bond donors (Lipinski definition) is 0. The second-order valence-corrected chi connectivity index (χ2v) is 5.69. The van der Waals surface area contributed by atoms with E-state index >= 15 is 0 Å². The molecule has 0 fully saturated rings. The number of ether oxygens (including phenoxy) is 1. The van der Waals surface area contributed by atoms with Crippen LogP contribution in [-0.2, 0) is 4.74 Å². The molecule has 0 heterocycles. The first-order valence-corrected chi connectivity index (χ1v) is 8.50. The lowest BCUT2D eigenvalue weighted by Gasteiger charge is -2.02. The predicted octanol–water partition coefficient (Wildman–Crippen LogP) is 6.28. The minimum Gasteiger partial charge on any atom is -0.378 e. The Morgan fingerprint density at radius 2 is 1.26 bits per heavy atom. The molecule has 0 radical (unpaired) electrons. The van der Waals surface area contributed by atoms with E-state index in [9.17, 15) is 0 Å². The van der Waals surface area contributed by atoms with E-state index < -0.39 is 0 Å². The zero-order valence-corrected chi connectivity index (χ0v) is 13.6. The van der Waals surface area contributed by atoms with Crippen LogP contribution in [0.5, 0.6) is 0 Å². The maximum absolute atomic E-state index is 5.17. The van der Waals surface area contributed by atoms with Gasteiger partial charge in [0.2, 0.25) is 0 Å². The van der Waals surface area contributed by atoms with Crippen molar-refractivity contribution >= 4 is 0 Å². The Labute approximate surface area is 121 Å². The average molecular weight is 268 g/mol. The van der Waals surface area contributed by atoms with E-state index in [0.29, 0.717) is 0 Å². The molecule has 0 spiro atoms. The summed E-state index contributed by atoms with van der Waals surface area (Å²) >= 11 is 0. The van der Waals surface area contributed by atoms with E-state index in [4.69, 9.17) is 4.74 Å². The molecule has 1 unspecified atom stereocenters. The van der Waals surface area contributed by atoms with Gasteiger partial charge in [-0.3, -0.25) is 0 Å². The summed E-state index contributed by atoms with van der Waals surface area (Å²) in [7, 11) is 1.76. The van der Waals surface area contributed by atoms with Crippen LogP contribution in [0.2, 0.25) is 0 Å². The van der Waals surface area contributed by atoms with Crippen molar-refractivity contribution in [2.75, 3.05) is 7.11 Å². The molecule has 1 heteroatoms. The van der Waals surface area contributed by atoms with E-state index in [-0.39, 0.29) is 6.10 Å². The molecule has 19 heavy (non-hydrogen) atoms. The molecule has 0 N–H and O–H groups in total. The summed E-state index contributed by atoms with van der Waals surface area (Å²) in [5.74, 6) is 0. The second-order valence-electron chi connectivity index (χ2n) is 5.69. The Hall–Kier alpha value is -0.300. The van der Waals surface area contributed by atoms with Gasteiger partial charge < -0.3 is 4.74 Å². The van der Waals surface area contributed by atoms with Crippen molar-refractivity contribution in [1.29, 1.82) is 0 Å². The molecule has 0 saturated heterocycles. The van der Waals surface area contributed by atoms with E-state index in [1.165, 1.54) is 77.0 Å². The van der Waals surface area contributed by atoms with E-state index in [1.807, 2.05) is 0 Å². The van der Waals surface area contributed by atoms with Gasteiger partial charge in [-0.05, 0) is 19.8 Å². The first-order chi connectivity index (χ1) is 9.31. The van der Waals surface area contributed by atoms with E-state index in [1.54, 1.807) is 7.11 Å². The molecule has 0 aliphatic heterocycles. The van der Waals surface area contributed by atoms with Crippen LogP contribution in [0.25, 0.3) is 0 Å². The minimum absolute atomic E-state index is 0.271. The SMILES string of the molecule is CCCCCCCCCCCCCC=CC(C)OC. The fourth-order valence-corrected chi connectivity index (χ4v) is 2.29. The third-order valence-corrected chi connectivity index (χ3v) is 3.75. The van der Waals surface area contributed by atoms with Gasteiger partial charge in [0, 0.05) is 7.11 Å². The highest BCUT2D eigenvalue weighted by Crippen LogP contribution is 2.12. The number of unbranched alkanes of at least 4 members (excludes halogenated alkanes) is 11. The lowest BCUT2D eigenvalue weighted by molar-refractivity contribution is 0.156. The Morgan fingerprint density at radius 1 is 0.789 bits per heavy atom. The quantitative estimate of drug-likeness (QED) is 0.266. The largest absolute Gasteiger partial charge is 0.378 e. The fraction of sp³-hybridized carbons (Fsp3) is 0.889. The zero-order valence-electron chi connectivity index (χ0n) is 13.6. The predicted molar refractivity (Wildman–Crippen MR) is 86.7 cm³/mol. The van der Waals surface area contributed by atoms with Gasteiger partial charge in [0.15, 0.2) is 0 Å². The molecule has 0 aromatic rings. The maximum atomic E-state index is 5.17. The number of allylic oxidation sites excluding steroid dienone is 1. The number of methoxy groups -OCH3 is 1. The maximum Gasteiger partial charge on any atom is 0.0723 e. The lowest BCUT2D eigenvalue weighted by Crippen LogP contribution is -1.98. The van der Waals surface area contributed by atoms with Crippen molar-refractivity contribution in [2.45, 2.75) is 97.0 Å². The van der Waals surface area contributed by atoms with Crippen molar-refractivity contribution in [1.82, 2.24) is 0 Å². The Morgan fingerprint density at radius 3 is 1.74 bits per heavy atom. The zero-order chi connectivity index (χ0) is 14.2. The Bertz CT molecular complexity index is 186. The van der Waals surface area contributed by atoms with Crippen LogP contribution in [-0.4, -0.2) is 13.2 Å². The normalized spacial score (nSPS) is 13.2. The smallest absolute Gasteiger partial charge is 0.0723 e. The standard InChI is InChI=1S/C18H36O/c1-4-5-6-7-8-9-10-11-12-13-14-15-16-17-18(2)19-3/h16-18H,4-15H2,1-3H3. The number of rotatable bonds is 14. The molecule has 0 rings (SSSR count). The van der Waals surface area contributed by atoms with Crippen molar-refractivity contribution in [3.05, 3.63) is 12.2 Å². The van der Waals surface area contributed by atoms with E-state index in [2.05, 4.69) is 26.0 Å². The molecular weight excluding hydrogens is 232 g/mol. The molecule has 0 amide bonds. The van der Waals surface area contributed by atoms with Crippen molar-refractivity contribution < 1.29 is 4.74 Å². The molecular formula is C18H36O. The molecule has 0 aromatic heterocycles. The highest BCUT2D eigenvalue weighted by Gasteiger charge is 1.93. The van der Waals surface area contributed by atoms with Gasteiger partial charge >= 0.3 is 0 Å². The minimum atomic E-state index is 0.271. The van der Waals surface area contributed by atoms with Crippen molar-refractivity contribution in [2.24, 2.45) is 0 Å². The summed E-state index contributed by atoms with van der Waals surface area (Å²) in [5.41, 5.74) is 0. The van der Waals surface area contributed by atoms with Crippen LogP contribution in [0.4, 0.5) is 0 Å². The van der Waals surface area contributed by atoms with Crippen LogP contribution in [0, 0.1) is 0 Å². The Kier molecular flexibility index (Phi) is 15.5. The average Bonchev–Trinajstić information content (AvgIpc) is 2.43. The Balaban J connectivity index is 3.05. The molecule has 0 bridgehead atoms. The highest BCUT2D eigenvalue weighted by atomic mass is 16.5. The molecule has 0 aliphatic rings. The van der Waals surface area contributed by atoms with Crippen LogP contribution in [0.3, 0.4) is 0 Å². The highest BCUT2D eigenvalue weighted by molar-refractivity contribution is 4.86. The monoisotopic (exact) mass is 268 g/mol. The molecule has 0 saturated carbocycles. The van der Waals surface area contributed by atoms with Crippen LogP contribution >= 0.6 is 0 Å². The molecule has 1 nitrogen and oxygen atoms in total. The van der Waals surface area contributed by atoms with Gasteiger partial charge in [-0.15, -0.1) is 0 Å². The van der Waals surface area contributed by atoms with Gasteiger partial charge in [-0.25, -0.2) is 0 Å². The van der Waals surface area contributed by atoms with Crippen LogP contribution < -0.4 is 0 Å². The number of hydrogen-bond acceptors (Lipinski definition) is 1. The topological polar surface area (TPSA) is 9.23 Å². The lowest BCUT2D eigenvalue weighted by atomic mass is 10.1. The van der Waals surface area contributed by atoms with Crippen molar-refractivity contribution in [3.8, 4) is 0 Å². The summed E-state index contributed by atoms with van der Waals surface area (Å²) in [5, 5.41) is 0. The van der Waals surface area contributed by atoms with Gasteiger partial charge in [0.05, 0.1) is 6.10 Å². The third-order valence-electron chi connectivity index (χ3n) is 3.75. The second kappa shape index (κ2) is 15.8. The van der Waals surface area contributed by atoms with Crippen molar-refractivity contribution in [3.63, 3.8) is 0 Å². The third kappa shape index (κ3) is 15.6. The van der Waals surface area contributed by atoms with E-state index in [0.717, 1.165) is 0 Å². The fourth-order valence-electron chi connectivity index (χ4n) is 2.29. The van der Waals surface area contributed by atoms with Crippen LogP contribution in [0.1, 0.15) is 90.9 Å². The molecule has 1 atom stereocenters. The van der Waals surface area contributed by atoms with Gasteiger partial charge in [-0.1, -0.05) is 83.3 Å². The van der Waals surface area contributed by atoms with Gasteiger partial charge in [0.1, 0.15) is 0 Å². The molecule has 0 aromatic carbocycles.